The molecular weight excluding hydrogens is 280 g/mol. The minimum atomic E-state index is -1.16. The Bertz CT molecular complexity index is 662. The smallest absolute Gasteiger partial charge is 0.326 e. The number of carboxylic acids is 1. The molecular formula is C13H12N2O6. The minimum Gasteiger partial charge on any atom is -0.480 e. The number of hydrogen-bond donors (Lipinski definition) is 2. The van der Waals surface area contributed by atoms with Crippen LogP contribution in [0.15, 0.2) is 33.4 Å². The molecule has 0 saturated carbocycles. The van der Waals surface area contributed by atoms with Crippen molar-refractivity contribution >= 4 is 11.9 Å². The zero-order chi connectivity index (χ0) is 15.0. The Morgan fingerprint density at radius 2 is 2.19 bits per heavy atom. The number of aliphatic hydroxyl groups is 1. The lowest BCUT2D eigenvalue weighted by Crippen LogP contribution is -2.40. The Labute approximate surface area is 118 Å². The second-order valence-electron chi connectivity index (χ2n) is 4.75. The molecule has 1 fully saturated rings. The van der Waals surface area contributed by atoms with Crippen LogP contribution >= 0.6 is 0 Å². The SMILES string of the molecule is O=C(O)[C@@H]1C[C@@H](O)CN1C(=O)c1cc(-c2ccco2)on1. The predicted octanol–water partition coefficient (Wildman–Crippen LogP) is 0.595. The first-order chi connectivity index (χ1) is 10.1. The average molecular weight is 292 g/mol. The Hall–Kier alpha value is -2.61. The summed E-state index contributed by atoms with van der Waals surface area (Å²) in [4.78, 5) is 24.5. The Morgan fingerprint density at radius 1 is 1.38 bits per heavy atom. The van der Waals surface area contributed by atoms with Gasteiger partial charge in [0.25, 0.3) is 5.91 Å². The molecule has 2 aromatic heterocycles. The highest BCUT2D eigenvalue weighted by atomic mass is 16.5. The highest BCUT2D eigenvalue weighted by Gasteiger charge is 2.40. The molecule has 2 N–H and O–H groups in total. The summed E-state index contributed by atoms with van der Waals surface area (Å²) in [6, 6.07) is 3.63. The number of amides is 1. The largest absolute Gasteiger partial charge is 0.480 e. The van der Waals surface area contributed by atoms with E-state index in [0.717, 1.165) is 4.90 Å². The van der Waals surface area contributed by atoms with Crippen molar-refractivity contribution < 1.29 is 28.7 Å². The van der Waals surface area contributed by atoms with Crippen LogP contribution in [0.3, 0.4) is 0 Å². The van der Waals surface area contributed by atoms with Crippen molar-refractivity contribution in [1.82, 2.24) is 10.1 Å². The van der Waals surface area contributed by atoms with Gasteiger partial charge < -0.3 is 24.1 Å². The number of nitrogens with zero attached hydrogens (tertiary/aromatic N) is 2. The van der Waals surface area contributed by atoms with Crippen molar-refractivity contribution in [2.45, 2.75) is 18.6 Å². The van der Waals surface area contributed by atoms with E-state index in [-0.39, 0.29) is 24.4 Å². The van der Waals surface area contributed by atoms with Gasteiger partial charge in [0, 0.05) is 19.0 Å². The van der Waals surface area contributed by atoms with Gasteiger partial charge in [0.15, 0.2) is 11.5 Å². The van der Waals surface area contributed by atoms with Crippen LogP contribution in [0, 0.1) is 0 Å². The van der Waals surface area contributed by atoms with Crippen LogP contribution in [0.2, 0.25) is 0 Å². The molecule has 0 unspecified atom stereocenters. The molecule has 110 valence electrons. The third-order valence-corrected chi connectivity index (χ3v) is 3.32. The summed E-state index contributed by atoms with van der Waals surface area (Å²) in [5.74, 6) is -1.07. The van der Waals surface area contributed by atoms with Gasteiger partial charge in [0.2, 0.25) is 5.76 Å². The molecule has 1 aliphatic rings. The topological polar surface area (TPSA) is 117 Å². The van der Waals surface area contributed by atoms with Gasteiger partial charge >= 0.3 is 5.97 Å². The average Bonchev–Trinajstić information content (AvgIpc) is 3.17. The molecule has 0 radical (unpaired) electrons. The van der Waals surface area contributed by atoms with Gasteiger partial charge in [-0.25, -0.2) is 4.79 Å². The summed E-state index contributed by atoms with van der Waals surface area (Å²) < 4.78 is 10.1. The number of rotatable bonds is 3. The third kappa shape index (κ3) is 2.40. The van der Waals surface area contributed by atoms with Crippen LogP contribution in [-0.2, 0) is 4.79 Å². The number of furan rings is 1. The second-order valence-corrected chi connectivity index (χ2v) is 4.75. The van der Waals surface area contributed by atoms with Crippen molar-refractivity contribution in [3.05, 3.63) is 30.2 Å². The van der Waals surface area contributed by atoms with Gasteiger partial charge in [-0.05, 0) is 12.1 Å². The second kappa shape index (κ2) is 5.06. The maximum atomic E-state index is 12.3. The number of aromatic nitrogens is 1. The fourth-order valence-corrected chi connectivity index (χ4v) is 2.33. The van der Waals surface area contributed by atoms with E-state index in [4.69, 9.17) is 14.0 Å². The third-order valence-electron chi connectivity index (χ3n) is 3.32. The van der Waals surface area contributed by atoms with Crippen molar-refractivity contribution in [1.29, 1.82) is 0 Å². The molecule has 1 amide bonds. The molecule has 1 aliphatic heterocycles. The van der Waals surface area contributed by atoms with Gasteiger partial charge in [0.1, 0.15) is 6.04 Å². The normalized spacial score (nSPS) is 21.7. The van der Waals surface area contributed by atoms with Crippen LogP contribution in [0.1, 0.15) is 16.9 Å². The summed E-state index contributed by atoms with van der Waals surface area (Å²) in [7, 11) is 0. The Balaban J connectivity index is 1.83. The fourth-order valence-electron chi connectivity index (χ4n) is 2.33. The molecule has 0 aromatic carbocycles. The van der Waals surface area contributed by atoms with Gasteiger partial charge in [0.05, 0.1) is 12.4 Å². The highest BCUT2D eigenvalue weighted by Crippen LogP contribution is 2.24. The molecule has 21 heavy (non-hydrogen) atoms. The molecule has 2 aromatic rings. The summed E-state index contributed by atoms with van der Waals surface area (Å²) in [6.07, 6.45) is 0.604. The van der Waals surface area contributed by atoms with Crippen LogP contribution < -0.4 is 0 Å². The number of aliphatic carboxylic acids is 1. The fraction of sp³-hybridized carbons (Fsp3) is 0.308. The Kier molecular flexibility index (Phi) is 3.22. The van der Waals surface area contributed by atoms with E-state index < -0.39 is 24.0 Å². The molecule has 0 bridgehead atoms. The van der Waals surface area contributed by atoms with Gasteiger partial charge in [-0.1, -0.05) is 5.16 Å². The number of carboxylic acid groups (broad SMARTS) is 1. The van der Waals surface area contributed by atoms with E-state index in [2.05, 4.69) is 5.16 Å². The summed E-state index contributed by atoms with van der Waals surface area (Å²) in [5, 5.41) is 22.3. The Morgan fingerprint density at radius 3 is 2.86 bits per heavy atom. The van der Waals surface area contributed by atoms with Crippen molar-refractivity contribution in [3.63, 3.8) is 0 Å². The predicted molar refractivity (Wildman–Crippen MR) is 67.3 cm³/mol. The number of hydrogen-bond acceptors (Lipinski definition) is 6. The molecule has 8 heteroatoms. The molecule has 0 spiro atoms. The maximum Gasteiger partial charge on any atom is 0.326 e. The lowest BCUT2D eigenvalue weighted by atomic mass is 10.2. The lowest BCUT2D eigenvalue weighted by molar-refractivity contribution is -0.141. The van der Waals surface area contributed by atoms with Crippen LogP contribution in [0.25, 0.3) is 11.5 Å². The summed E-state index contributed by atoms with van der Waals surface area (Å²) in [6.45, 7) is -0.0429. The van der Waals surface area contributed by atoms with Gasteiger partial charge in [-0.2, -0.15) is 0 Å². The first-order valence-electron chi connectivity index (χ1n) is 6.28. The maximum absolute atomic E-state index is 12.3. The number of carbonyl (C=O) groups excluding carboxylic acids is 1. The summed E-state index contributed by atoms with van der Waals surface area (Å²) in [5.41, 5.74) is -0.0262. The lowest BCUT2D eigenvalue weighted by Gasteiger charge is -2.19. The van der Waals surface area contributed by atoms with E-state index in [0.29, 0.717) is 5.76 Å². The summed E-state index contributed by atoms with van der Waals surface area (Å²) >= 11 is 0. The van der Waals surface area contributed by atoms with E-state index in [1.807, 2.05) is 0 Å². The van der Waals surface area contributed by atoms with Gasteiger partial charge in [-0.3, -0.25) is 4.79 Å². The van der Waals surface area contributed by atoms with E-state index in [1.165, 1.54) is 12.3 Å². The molecule has 2 atom stereocenters. The monoisotopic (exact) mass is 292 g/mol. The van der Waals surface area contributed by atoms with E-state index >= 15 is 0 Å². The minimum absolute atomic E-state index is 0.00393. The van der Waals surface area contributed by atoms with Crippen molar-refractivity contribution in [3.8, 4) is 11.5 Å². The number of likely N-dealkylation sites (tertiary alicyclic amines) is 1. The first-order valence-corrected chi connectivity index (χ1v) is 6.28. The molecule has 0 aliphatic carbocycles. The number of aliphatic hydroxyl groups excluding tert-OH is 1. The molecule has 3 rings (SSSR count). The molecule has 8 nitrogen and oxygen atoms in total. The van der Waals surface area contributed by atoms with Gasteiger partial charge in [-0.15, -0.1) is 0 Å². The zero-order valence-electron chi connectivity index (χ0n) is 10.8. The highest BCUT2D eigenvalue weighted by molar-refractivity contribution is 5.96. The number of β-amino-alcohol motifs (C(OH)–C–C–N with tert-alkyl or cyclic N) is 1. The number of carbonyl (C=O) groups is 2. The van der Waals surface area contributed by atoms with E-state index in [1.54, 1.807) is 12.1 Å². The zero-order valence-corrected chi connectivity index (χ0v) is 10.8. The molecule has 1 saturated heterocycles. The van der Waals surface area contributed by atoms with E-state index in [9.17, 15) is 14.7 Å². The molecule has 3 heterocycles. The van der Waals surface area contributed by atoms with Crippen LogP contribution in [0.4, 0.5) is 0 Å². The van der Waals surface area contributed by atoms with Crippen molar-refractivity contribution in [2.24, 2.45) is 0 Å². The van der Waals surface area contributed by atoms with Crippen molar-refractivity contribution in [2.75, 3.05) is 6.54 Å². The standard InChI is InChI=1S/C13H12N2O6/c16-7-4-9(13(18)19)15(6-7)12(17)8-5-11(21-14-8)10-2-1-3-20-10/h1-3,5,7,9,16H,4,6H2,(H,18,19)/t7-,9+/m1/s1. The first kappa shape index (κ1) is 13.4. The van der Waals surface area contributed by atoms with Crippen LogP contribution in [0.5, 0.6) is 0 Å². The quantitative estimate of drug-likeness (QED) is 0.850. The van der Waals surface area contributed by atoms with Crippen LogP contribution in [-0.4, -0.2) is 50.8 Å².